The molecule has 2 aromatic rings. The van der Waals surface area contributed by atoms with Crippen molar-refractivity contribution in [2.24, 2.45) is 11.5 Å². The van der Waals surface area contributed by atoms with Gasteiger partial charge >= 0.3 is 6.03 Å². The van der Waals surface area contributed by atoms with Crippen molar-refractivity contribution in [3.05, 3.63) is 17.5 Å². The number of nitrogens with two attached hydrogens (primary N) is 2. The normalized spacial score (nSPS) is 11.9. The van der Waals surface area contributed by atoms with Crippen LogP contribution in [-0.2, 0) is 16.1 Å². The van der Waals surface area contributed by atoms with Crippen LogP contribution in [0.4, 0.5) is 4.79 Å². The predicted octanol–water partition coefficient (Wildman–Crippen LogP) is 0.557. The molecule has 0 aliphatic rings. The minimum absolute atomic E-state index is 0.117. The minimum Gasteiger partial charge on any atom is -0.370 e. The van der Waals surface area contributed by atoms with E-state index in [1.165, 1.54) is 11.3 Å². The van der Waals surface area contributed by atoms with Gasteiger partial charge in [-0.05, 0) is 18.4 Å². The fraction of sp³-hybridized carbons (Fsp3) is 0.308. The summed E-state index contributed by atoms with van der Waals surface area (Å²) in [6, 6.07) is 2.85. The molecular weight excluding hydrogens is 352 g/mol. The number of hydrogen-bond donors (Lipinski definition) is 3. The first-order valence-electron chi connectivity index (χ1n) is 6.90. The summed E-state index contributed by atoms with van der Waals surface area (Å²) in [7, 11) is 0. The number of rotatable bonds is 7. The lowest BCUT2D eigenvalue weighted by molar-refractivity contribution is -0.119. The Balaban J connectivity index is 2.24. The quantitative estimate of drug-likeness (QED) is 0.609. The fourth-order valence-corrected chi connectivity index (χ4v) is 3.41. The van der Waals surface area contributed by atoms with E-state index in [4.69, 9.17) is 11.5 Å². The second-order valence-electron chi connectivity index (χ2n) is 4.77. The highest BCUT2D eigenvalue weighted by molar-refractivity contribution is 8.00. The zero-order valence-electron chi connectivity index (χ0n) is 12.8. The third-order valence-electron chi connectivity index (χ3n) is 2.94. The lowest BCUT2D eigenvalue weighted by atomic mass is 10.4. The molecule has 1 unspecified atom stereocenters. The van der Waals surface area contributed by atoms with Crippen molar-refractivity contribution < 1.29 is 14.4 Å². The van der Waals surface area contributed by atoms with Gasteiger partial charge in [-0.2, -0.15) is 0 Å². The summed E-state index contributed by atoms with van der Waals surface area (Å²) in [4.78, 5) is 34.6. The van der Waals surface area contributed by atoms with Gasteiger partial charge in [0.05, 0.1) is 10.1 Å². The van der Waals surface area contributed by atoms with Crippen molar-refractivity contribution in [1.29, 1.82) is 0 Å². The molecule has 2 aromatic heterocycles. The summed E-state index contributed by atoms with van der Waals surface area (Å²) < 4.78 is 1.73. The number of imide groups is 1. The molecule has 24 heavy (non-hydrogen) atoms. The summed E-state index contributed by atoms with van der Waals surface area (Å²) >= 11 is 2.59. The Morgan fingerprint density at radius 2 is 2.12 bits per heavy atom. The van der Waals surface area contributed by atoms with E-state index in [0.717, 1.165) is 16.6 Å². The van der Waals surface area contributed by atoms with Gasteiger partial charge in [-0.1, -0.05) is 17.8 Å². The molecule has 2 heterocycles. The number of carbonyl (C=O) groups excluding carboxylic acids is 3. The molecule has 0 radical (unpaired) electrons. The summed E-state index contributed by atoms with van der Waals surface area (Å²) in [6.07, 6.45) is 0.117. The average Bonchev–Trinajstić information content (AvgIpc) is 3.13. The maximum atomic E-state index is 11.8. The first-order valence-corrected chi connectivity index (χ1v) is 8.66. The molecule has 0 aliphatic heterocycles. The SMILES string of the molecule is CC(Sc1nnc(-c2cccs2)n1CCC(N)=O)C(=O)NC(N)=O. The zero-order valence-corrected chi connectivity index (χ0v) is 14.4. The Labute approximate surface area is 145 Å². The fourth-order valence-electron chi connectivity index (χ4n) is 1.82. The smallest absolute Gasteiger partial charge is 0.318 e. The number of nitrogens with one attached hydrogen (secondary N) is 1. The number of hydrogen-bond acceptors (Lipinski definition) is 7. The van der Waals surface area contributed by atoms with E-state index < -0.39 is 23.1 Å². The Kier molecular flexibility index (Phi) is 5.93. The summed E-state index contributed by atoms with van der Waals surface area (Å²) in [6.45, 7) is 1.91. The molecule has 1 atom stereocenters. The van der Waals surface area contributed by atoms with Crippen molar-refractivity contribution in [1.82, 2.24) is 20.1 Å². The van der Waals surface area contributed by atoms with Crippen LogP contribution in [0.5, 0.6) is 0 Å². The largest absolute Gasteiger partial charge is 0.370 e. The monoisotopic (exact) mass is 368 g/mol. The topological polar surface area (TPSA) is 146 Å². The van der Waals surface area contributed by atoms with Gasteiger partial charge in [0, 0.05) is 13.0 Å². The van der Waals surface area contributed by atoms with Crippen LogP contribution in [0.2, 0.25) is 0 Å². The summed E-state index contributed by atoms with van der Waals surface area (Å²) in [5.41, 5.74) is 10.2. The molecule has 0 saturated carbocycles. The number of primary amides is 2. The highest BCUT2D eigenvalue weighted by Gasteiger charge is 2.22. The van der Waals surface area contributed by atoms with Crippen LogP contribution in [0.15, 0.2) is 22.7 Å². The molecule has 128 valence electrons. The molecule has 0 spiro atoms. The number of nitrogens with zero attached hydrogens (tertiary/aromatic N) is 3. The van der Waals surface area contributed by atoms with Gasteiger partial charge in [0.15, 0.2) is 11.0 Å². The van der Waals surface area contributed by atoms with Crippen LogP contribution in [0.1, 0.15) is 13.3 Å². The second-order valence-corrected chi connectivity index (χ2v) is 7.02. The van der Waals surface area contributed by atoms with E-state index in [-0.39, 0.29) is 6.42 Å². The van der Waals surface area contributed by atoms with Gasteiger partial charge in [0.1, 0.15) is 0 Å². The van der Waals surface area contributed by atoms with E-state index in [1.807, 2.05) is 22.8 Å². The van der Waals surface area contributed by atoms with Gasteiger partial charge < -0.3 is 16.0 Å². The molecule has 0 aromatic carbocycles. The van der Waals surface area contributed by atoms with Crippen molar-refractivity contribution in [2.75, 3.05) is 0 Å². The third-order valence-corrected chi connectivity index (χ3v) is 4.88. The van der Waals surface area contributed by atoms with Crippen LogP contribution in [0.3, 0.4) is 0 Å². The average molecular weight is 368 g/mol. The number of thiophene rings is 1. The first kappa shape index (κ1) is 17.9. The molecule has 9 nitrogen and oxygen atoms in total. The Hall–Kier alpha value is -2.40. The van der Waals surface area contributed by atoms with Crippen LogP contribution in [-0.4, -0.2) is 37.9 Å². The van der Waals surface area contributed by atoms with Crippen molar-refractivity contribution in [2.45, 2.75) is 30.3 Å². The van der Waals surface area contributed by atoms with Crippen LogP contribution < -0.4 is 16.8 Å². The maximum Gasteiger partial charge on any atom is 0.318 e. The van der Waals surface area contributed by atoms with Gasteiger partial charge in [-0.25, -0.2) is 4.79 Å². The summed E-state index contributed by atoms with van der Waals surface area (Å²) in [5, 5.41) is 12.0. The van der Waals surface area contributed by atoms with E-state index >= 15 is 0 Å². The molecule has 4 amide bonds. The van der Waals surface area contributed by atoms with E-state index in [1.54, 1.807) is 11.5 Å². The van der Waals surface area contributed by atoms with Crippen LogP contribution >= 0.6 is 23.1 Å². The number of thioether (sulfide) groups is 1. The Bertz CT molecular complexity index is 743. The highest BCUT2D eigenvalue weighted by atomic mass is 32.2. The lowest BCUT2D eigenvalue weighted by Gasteiger charge is -2.11. The number of carbonyl (C=O) groups is 3. The molecule has 0 saturated heterocycles. The molecule has 0 bridgehead atoms. The maximum absolute atomic E-state index is 11.8. The Morgan fingerprint density at radius 1 is 1.38 bits per heavy atom. The van der Waals surface area contributed by atoms with E-state index in [0.29, 0.717) is 17.5 Å². The molecular formula is C13H16N6O3S2. The van der Waals surface area contributed by atoms with E-state index in [9.17, 15) is 14.4 Å². The van der Waals surface area contributed by atoms with Gasteiger partial charge in [-0.15, -0.1) is 21.5 Å². The zero-order chi connectivity index (χ0) is 17.7. The number of aromatic nitrogens is 3. The number of urea groups is 1. The van der Waals surface area contributed by atoms with Crippen molar-refractivity contribution >= 4 is 40.9 Å². The first-order chi connectivity index (χ1) is 11.4. The van der Waals surface area contributed by atoms with E-state index in [2.05, 4.69) is 10.2 Å². The van der Waals surface area contributed by atoms with Crippen LogP contribution in [0, 0.1) is 0 Å². The molecule has 5 N–H and O–H groups in total. The third kappa shape index (κ3) is 4.55. The van der Waals surface area contributed by atoms with Crippen molar-refractivity contribution in [3.63, 3.8) is 0 Å². The standard InChI is InChI=1S/C13H16N6O3S2/c1-7(11(21)16-12(15)22)24-13-18-17-10(8-3-2-6-23-8)19(13)5-4-9(14)20/h2-3,6-7H,4-5H2,1H3,(H2,14,20)(H3,15,16,21,22). The molecule has 2 rings (SSSR count). The van der Waals surface area contributed by atoms with Gasteiger partial charge in [0.25, 0.3) is 0 Å². The highest BCUT2D eigenvalue weighted by Crippen LogP contribution is 2.29. The number of amides is 4. The van der Waals surface area contributed by atoms with Crippen molar-refractivity contribution in [3.8, 4) is 10.7 Å². The molecule has 11 heteroatoms. The lowest BCUT2D eigenvalue weighted by Crippen LogP contribution is -2.39. The van der Waals surface area contributed by atoms with Gasteiger partial charge in [0.2, 0.25) is 11.8 Å². The van der Waals surface area contributed by atoms with Crippen LogP contribution in [0.25, 0.3) is 10.7 Å². The molecule has 0 fully saturated rings. The minimum atomic E-state index is -0.915. The second kappa shape index (κ2) is 7.93. The Morgan fingerprint density at radius 3 is 2.71 bits per heavy atom. The van der Waals surface area contributed by atoms with Gasteiger partial charge in [-0.3, -0.25) is 14.9 Å². The molecule has 0 aliphatic carbocycles. The predicted molar refractivity (Wildman–Crippen MR) is 90.2 cm³/mol. The summed E-state index contributed by atoms with van der Waals surface area (Å²) in [5.74, 6) is -0.387.